The topological polar surface area (TPSA) is 49.2 Å². The molecule has 0 N–H and O–H groups in total. The lowest BCUT2D eigenvalue weighted by Crippen LogP contribution is -2.25. The van der Waals surface area contributed by atoms with Gasteiger partial charge in [0.25, 0.3) is 0 Å². The number of ether oxygens (including phenoxy) is 2. The first-order valence-corrected chi connectivity index (χ1v) is 6.16. The third-order valence-corrected chi connectivity index (χ3v) is 2.90. The third-order valence-electron chi connectivity index (χ3n) is 2.40. The second kappa shape index (κ2) is 5.05. The minimum absolute atomic E-state index is 0.0704. The first kappa shape index (κ1) is 11.0. The predicted molar refractivity (Wildman–Crippen MR) is 57.8 cm³/mol. The summed E-state index contributed by atoms with van der Waals surface area (Å²) in [5.74, 6) is 1.80. The summed E-state index contributed by atoms with van der Waals surface area (Å²) in [7, 11) is 0. The van der Waals surface area contributed by atoms with E-state index < -0.39 is 0 Å². The minimum Gasteiger partial charge on any atom is -0.376 e. The van der Waals surface area contributed by atoms with Crippen molar-refractivity contribution < 1.29 is 9.47 Å². The maximum atomic E-state index is 5.60. The van der Waals surface area contributed by atoms with Gasteiger partial charge in [-0.05, 0) is 6.92 Å². The van der Waals surface area contributed by atoms with E-state index in [4.69, 9.17) is 9.47 Å². The lowest BCUT2D eigenvalue weighted by molar-refractivity contribution is -0.0948. The summed E-state index contributed by atoms with van der Waals surface area (Å²) in [4.78, 5) is 0. The predicted octanol–water partition coefficient (Wildman–Crippen LogP) is 1.28. The summed E-state index contributed by atoms with van der Waals surface area (Å²) in [6.45, 7) is 4.79. The molecule has 0 bridgehead atoms. The van der Waals surface area contributed by atoms with Gasteiger partial charge in [0.15, 0.2) is 5.82 Å². The zero-order chi connectivity index (χ0) is 10.7. The number of hydrogen-bond donors (Lipinski definition) is 0. The van der Waals surface area contributed by atoms with E-state index in [-0.39, 0.29) is 6.10 Å². The molecule has 1 fully saturated rings. The van der Waals surface area contributed by atoms with Crippen LogP contribution in [-0.2, 0) is 21.3 Å². The Bertz CT molecular complexity index is 323. The molecule has 2 rings (SSSR count). The molecule has 0 aromatic carbocycles. The molecule has 84 valence electrons. The van der Waals surface area contributed by atoms with Crippen LogP contribution < -0.4 is 0 Å². The monoisotopic (exact) mass is 275 g/mol. The summed E-state index contributed by atoms with van der Waals surface area (Å²) in [6, 6.07) is 0. The molecule has 0 aliphatic carbocycles. The molecule has 1 saturated heterocycles. The van der Waals surface area contributed by atoms with E-state index in [0.29, 0.717) is 25.2 Å². The average Bonchev–Trinajstić information content (AvgIpc) is 2.72. The smallest absolute Gasteiger partial charge is 0.164 e. The van der Waals surface area contributed by atoms with Crippen molar-refractivity contribution >= 4 is 15.9 Å². The minimum atomic E-state index is -0.0704. The molecule has 15 heavy (non-hydrogen) atoms. The van der Waals surface area contributed by atoms with E-state index in [2.05, 4.69) is 37.6 Å². The summed E-state index contributed by atoms with van der Waals surface area (Å²) in [5, 5.41) is 8.98. The van der Waals surface area contributed by atoms with Crippen LogP contribution in [0, 0.1) is 0 Å². The second-order valence-corrected chi connectivity index (χ2v) is 3.85. The lowest BCUT2D eigenvalue weighted by Gasteiger charge is -2.22. The molecule has 0 saturated carbocycles. The highest BCUT2D eigenvalue weighted by molar-refractivity contribution is 9.08. The Labute approximate surface area is 96.9 Å². The van der Waals surface area contributed by atoms with Crippen molar-refractivity contribution in [3.63, 3.8) is 0 Å². The van der Waals surface area contributed by atoms with E-state index >= 15 is 0 Å². The summed E-state index contributed by atoms with van der Waals surface area (Å²) in [5.41, 5.74) is 0. The van der Waals surface area contributed by atoms with Gasteiger partial charge in [0.1, 0.15) is 11.9 Å². The van der Waals surface area contributed by atoms with Gasteiger partial charge in [-0.15, -0.1) is 10.2 Å². The largest absolute Gasteiger partial charge is 0.376 e. The molecular weight excluding hydrogens is 262 g/mol. The van der Waals surface area contributed by atoms with Gasteiger partial charge in [-0.25, -0.2) is 0 Å². The van der Waals surface area contributed by atoms with Gasteiger partial charge >= 0.3 is 0 Å². The highest BCUT2D eigenvalue weighted by Gasteiger charge is 2.23. The van der Waals surface area contributed by atoms with Crippen LogP contribution in [0.25, 0.3) is 0 Å². The number of aromatic nitrogens is 3. The second-order valence-electron chi connectivity index (χ2n) is 3.29. The van der Waals surface area contributed by atoms with Crippen molar-refractivity contribution in [1.82, 2.24) is 14.8 Å². The van der Waals surface area contributed by atoms with Gasteiger partial charge in [0.05, 0.1) is 25.2 Å². The number of nitrogens with zero attached hydrogens (tertiary/aromatic N) is 3. The van der Waals surface area contributed by atoms with E-state index in [1.165, 1.54) is 0 Å². The zero-order valence-electron chi connectivity index (χ0n) is 8.65. The maximum Gasteiger partial charge on any atom is 0.164 e. The number of hydrogen-bond acceptors (Lipinski definition) is 4. The Morgan fingerprint density at radius 1 is 1.47 bits per heavy atom. The summed E-state index contributed by atoms with van der Waals surface area (Å²) >= 11 is 3.39. The van der Waals surface area contributed by atoms with Gasteiger partial charge in [-0.1, -0.05) is 15.9 Å². The van der Waals surface area contributed by atoms with Crippen LogP contribution in [0.5, 0.6) is 0 Å². The molecule has 1 aromatic heterocycles. The number of alkyl halides is 1. The fourth-order valence-corrected chi connectivity index (χ4v) is 2.08. The maximum absolute atomic E-state index is 5.60. The SMILES string of the molecule is CCn1c(CBr)nnc1C1COCCO1. The fourth-order valence-electron chi connectivity index (χ4n) is 1.67. The Hall–Kier alpha value is -0.460. The zero-order valence-corrected chi connectivity index (χ0v) is 10.2. The van der Waals surface area contributed by atoms with Crippen LogP contribution >= 0.6 is 15.9 Å². The van der Waals surface area contributed by atoms with Crippen molar-refractivity contribution in [2.24, 2.45) is 0 Å². The molecule has 0 radical (unpaired) electrons. The Balaban J connectivity index is 2.22. The molecule has 1 aliphatic rings. The summed E-state index contributed by atoms with van der Waals surface area (Å²) in [6.07, 6.45) is -0.0704. The molecule has 1 unspecified atom stereocenters. The van der Waals surface area contributed by atoms with Gasteiger partial charge in [0, 0.05) is 6.54 Å². The van der Waals surface area contributed by atoms with E-state index in [1.54, 1.807) is 0 Å². The molecule has 0 spiro atoms. The highest BCUT2D eigenvalue weighted by atomic mass is 79.9. The third kappa shape index (κ3) is 2.21. The molecule has 6 heteroatoms. The quantitative estimate of drug-likeness (QED) is 0.780. The molecule has 2 heterocycles. The first-order valence-electron chi connectivity index (χ1n) is 5.04. The van der Waals surface area contributed by atoms with Crippen molar-refractivity contribution in [3.8, 4) is 0 Å². The molecule has 1 atom stereocenters. The first-order chi connectivity index (χ1) is 7.36. The fraction of sp³-hybridized carbons (Fsp3) is 0.778. The molecule has 1 aromatic rings. The van der Waals surface area contributed by atoms with E-state index in [1.807, 2.05) is 0 Å². The highest BCUT2D eigenvalue weighted by Crippen LogP contribution is 2.20. The van der Waals surface area contributed by atoms with Crippen LogP contribution in [0.4, 0.5) is 0 Å². The standard InChI is InChI=1S/C9H14BrN3O2/c1-2-13-8(5-10)11-12-9(13)7-6-14-3-4-15-7/h7H,2-6H2,1H3. The van der Waals surface area contributed by atoms with Crippen molar-refractivity contribution in [2.45, 2.75) is 24.9 Å². The van der Waals surface area contributed by atoms with Crippen LogP contribution in [0.3, 0.4) is 0 Å². The van der Waals surface area contributed by atoms with E-state index in [9.17, 15) is 0 Å². The van der Waals surface area contributed by atoms with Crippen LogP contribution in [-0.4, -0.2) is 34.6 Å². The Morgan fingerprint density at radius 2 is 2.33 bits per heavy atom. The van der Waals surface area contributed by atoms with Crippen LogP contribution in [0.1, 0.15) is 24.7 Å². The van der Waals surface area contributed by atoms with Crippen LogP contribution in [0.2, 0.25) is 0 Å². The van der Waals surface area contributed by atoms with Crippen molar-refractivity contribution in [1.29, 1.82) is 0 Å². The van der Waals surface area contributed by atoms with Crippen molar-refractivity contribution in [3.05, 3.63) is 11.6 Å². The average molecular weight is 276 g/mol. The van der Waals surface area contributed by atoms with Gasteiger partial charge in [0.2, 0.25) is 0 Å². The van der Waals surface area contributed by atoms with Crippen LogP contribution in [0.15, 0.2) is 0 Å². The van der Waals surface area contributed by atoms with E-state index in [0.717, 1.165) is 18.2 Å². The molecule has 1 aliphatic heterocycles. The number of halogens is 1. The summed E-state index contributed by atoms with van der Waals surface area (Å²) < 4.78 is 13.0. The Kier molecular flexibility index (Phi) is 3.71. The van der Waals surface area contributed by atoms with Gasteiger partial charge < -0.3 is 14.0 Å². The Morgan fingerprint density at radius 3 is 2.93 bits per heavy atom. The number of rotatable bonds is 3. The molecule has 5 nitrogen and oxygen atoms in total. The molecule has 0 amide bonds. The molecular formula is C9H14BrN3O2. The normalized spacial score (nSPS) is 21.9. The van der Waals surface area contributed by atoms with Gasteiger partial charge in [-0.3, -0.25) is 0 Å². The van der Waals surface area contributed by atoms with Crippen molar-refractivity contribution in [2.75, 3.05) is 19.8 Å². The van der Waals surface area contributed by atoms with Gasteiger partial charge in [-0.2, -0.15) is 0 Å². The lowest BCUT2D eigenvalue weighted by atomic mass is 10.3.